The van der Waals surface area contributed by atoms with E-state index in [-0.39, 0.29) is 59.9 Å². The van der Waals surface area contributed by atoms with Gasteiger partial charge < -0.3 is 9.80 Å². The third-order valence-corrected chi connectivity index (χ3v) is 9.00. The minimum atomic E-state index is -4.93. The number of fused-ring (bicyclic) bond motifs is 2. The number of thioether (sulfide) groups is 1. The minimum Gasteiger partial charge on any atom is -0.352 e. The van der Waals surface area contributed by atoms with Gasteiger partial charge in [0.15, 0.2) is 0 Å². The Hall–Kier alpha value is -3.92. The molecule has 0 saturated carbocycles. The van der Waals surface area contributed by atoms with Crippen LogP contribution < -0.4 is 10.6 Å². The van der Waals surface area contributed by atoms with Crippen molar-refractivity contribution in [2.75, 3.05) is 23.7 Å². The molecule has 3 aliphatic rings. The van der Waals surface area contributed by atoms with Crippen molar-refractivity contribution in [1.29, 1.82) is 0 Å². The van der Waals surface area contributed by atoms with Crippen LogP contribution in [0.15, 0.2) is 34.0 Å². The molecule has 218 valence electrons. The molecule has 0 aliphatic carbocycles. The van der Waals surface area contributed by atoms with E-state index in [9.17, 15) is 31.9 Å². The summed E-state index contributed by atoms with van der Waals surface area (Å²) < 4.78 is 74.2. The molecule has 3 aliphatic heterocycles. The fourth-order valence-corrected chi connectivity index (χ4v) is 7.43. The molecule has 3 aromatic rings. The molecule has 6 rings (SSSR count). The van der Waals surface area contributed by atoms with Crippen LogP contribution in [-0.4, -0.2) is 57.1 Å². The van der Waals surface area contributed by atoms with Gasteiger partial charge in [-0.05, 0) is 43.2 Å². The van der Waals surface area contributed by atoms with Gasteiger partial charge in [0.2, 0.25) is 0 Å². The number of aryl methyl sites for hydroxylation is 1. The number of nitrogens with zero attached hydrogens (tertiary/aromatic N) is 4. The molecule has 2 bridgehead atoms. The van der Waals surface area contributed by atoms with Gasteiger partial charge in [-0.15, -0.1) is 11.8 Å². The number of piperidine rings is 1. The molecule has 2 aromatic carbocycles. The molecule has 42 heavy (non-hydrogen) atoms. The number of piperazine rings is 1. The number of ketones is 1. The molecular formula is C29H23F5N4O3S. The van der Waals surface area contributed by atoms with E-state index >= 15 is 4.39 Å². The first-order valence-corrected chi connectivity index (χ1v) is 14.2. The maximum absolute atomic E-state index is 15.0. The Morgan fingerprint density at radius 1 is 1.10 bits per heavy atom. The summed E-state index contributed by atoms with van der Waals surface area (Å²) in [7, 11) is 0. The Morgan fingerprint density at radius 3 is 2.45 bits per heavy atom. The Kier molecular flexibility index (Phi) is 7.00. The van der Waals surface area contributed by atoms with Gasteiger partial charge in [0.25, 0.3) is 5.91 Å². The number of halogens is 5. The first-order valence-electron chi connectivity index (χ1n) is 13.3. The number of Topliss-reactive ketones (excluding diaryl/α,β-unsaturated/α-hetero) is 1. The molecule has 0 N–H and O–H groups in total. The van der Waals surface area contributed by atoms with E-state index in [1.165, 1.54) is 11.5 Å². The average Bonchev–Trinajstić information content (AvgIpc) is 3.13. The number of amides is 1. The third-order valence-electron chi connectivity index (χ3n) is 7.82. The first kappa shape index (κ1) is 28.2. The average molecular weight is 603 g/mol. The van der Waals surface area contributed by atoms with Gasteiger partial charge >= 0.3 is 11.9 Å². The summed E-state index contributed by atoms with van der Waals surface area (Å²) in [4.78, 5) is 46.1. The van der Waals surface area contributed by atoms with Crippen LogP contribution in [0.4, 0.5) is 27.8 Å². The molecule has 1 amide bonds. The van der Waals surface area contributed by atoms with Crippen molar-refractivity contribution < 1.29 is 31.5 Å². The smallest absolute Gasteiger partial charge is 0.352 e. The molecule has 2 saturated heterocycles. The predicted octanol–water partition coefficient (Wildman–Crippen LogP) is 4.63. The maximum Gasteiger partial charge on any atom is 0.417 e. The van der Waals surface area contributed by atoms with Crippen molar-refractivity contribution in [3.63, 3.8) is 0 Å². The van der Waals surface area contributed by atoms with E-state index in [2.05, 4.69) is 16.8 Å². The monoisotopic (exact) mass is 602 g/mol. The number of aromatic nitrogens is 2. The Balaban J connectivity index is 1.60. The molecule has 2 fully saturated rings. The third kappa shape index (κ3) is 4.71. The number of hydrogen-bond donors (Lipinski definition) is 0. The number of hydrogen-bond acceptors (Lipinski definition) is 6. The second-order valence-corrected chi connectivity index (χ2v) is 11.6. The summed E-state index contributed by atoms with van der Waals surface area (Å²) in [5.41, 5.74) is -2.51. The highest BCUT2D eigenvalue weighted by Gasteiger charge is 2.44. The maximum atomic E-state index is 15.0. The molecule has 0 spiro atoms. The molecule has 0 radical (unpaired) electrons. The van der Waals surface area contributed by atoms with Crippen molar-refractivity contribution in [1.82, 2.24) is 14.5 Å². The topological polar surface area (TPSA) is 75.5 Å². The summed E-state index contributed by atoms with van der Waals surface area (Å²) in [5.74, 6) is 2.85. The normalized spacial score (nSPS) is 20.3. The van der Waals surface area contributed by atoms with E-state index in [1.54, 1.807) is 9.80 Å². The Bertz CT molecular complexity index is 1760. The summed E-state index contributed by atoms with van der Waals surface area (Å²) in [6.45, 7) is 1.83. The lowest BCUT2D eigenvalue weighted by atomic mass is 9.89. The fourth-order valence-electron chi connectivity index (χ4n) is 6.23. The lowest BCUT2D eigenvalue weighted by molar-refractivity contribution is -0.138. The number of anilines is 1. The highest BCUT2D eigenvalue weighted by molar-refractivity contribution is 7.99. The molecular weight excluding hydrogens is 579 g/mol. The molecule has 2 unspecified atom stereocenters. The molecule has 4 heterocycles. The van der Waals surface area contributed by atoms with Crippen LogP contribution >= 0.6 is 11.8 Å². The van der Waals surface area contributed by atoms with Crippen LogP contribution in [0.25, 0.3) is 22.0 Å². The second-order valence-electron chi connectivity index (χ2n) is 10.5. The van der Waals surface area contributed by atoms with Gasteiger partial charge in [0.1, 0.15) is 23.2 Å². The Morgan fingerprint density at radius 2 is 1.81 bits per heavy atom. The second kappa shape index (κ2) is 10.4. The van der Waals surface area contributed by atoms with Crippen LogP contribution in [0.5, 0.6) is 0 Å². The summed E-state index contributed by atoms with van der Waals surface area (Å²) in [6.07, 6.45) is -4.39. The lowest BCUT2D eigenvalue weighted by Gasteiger charge is -2.49. The SMILES string of the molecule is CC#CC(=O)N1C2CC(=O)CC1CN(c1nc(=O)n3c4c(c(-c5ccc(F)cc5F)c(C(F)(F)F)cc14)SCCC3)C2. The summed E-state index contributed by atoms with van der Waals surface area (Å²) in [6, 6.07) is 2.08. The standard InChI is InChI=1S/C29H23F5N4O3S/c1-2-4-23(40)38-16-10-18(39)11-17(38)14-36(13-16)27-20-12-21(29(32,33)34)24(19-6-5-15(30)9-22(19)31)26-25(20)37(28(41)35-27)7-3-8-42-26/h5-6,9,12,16-17H,3,7-8,10-11,13-14H2,1H3. The minimum absolute atomic E-state index is 0.00431. The van der Waals surface area contributed by atoms with E-state index in [4.69, 9.17) is 0 Å². The molecule has 7 nitrogen and oxygen atoms in total. The van der Waals surface area contributed by atoms with Crippen molar-refractivity contribution in [3.05, 3.63) is 51.9 Å². The van der Waals surface area contributed by atoms with E-state index in [0.717, 1.165) is 30.0 Å². The lowest BCUT2D eigenvalue weighted by Crippen LogP contribution is -2.64. The zero-order valence-corrected chi connectivity index (χ0v) is 23.0. The van der Waals surface area contributed by atoms with Crippen molar-refractivity contribution >= 4 is 40.2 Å². The van der Waals surface area contributed by atoms with Gasteiger partial charge in [-0.1, -0.05) is 5.92 Å². The van der Waals surface area contributed by atoms with E-state index in [0.29, 0.717) is 18.2 Å². The van der Waals surface area contributed by atoms with Crippen LogP contribution in [-0.2, 0) is 22.3 Å². The van der Waals surface area contributed by atoms with Crippen LogP contribution in [0.3, 0.4) is 0 Å². The fraction of sp³-hybridized carbons (Fsp3) is 0.379. The van der Waals surface area contributed by atoms with Crippen LogP contribution in [0, 0.1) is 23.5 Å². The Labute approximate surface area is 240 Å². The number of carbonyl (C=O) groups excluding carboxylic acids is 2. The van der Waals surface area contributed by atoms with Gasteiger partial charge in [0.05, 0.1) is 23.2 Å². The number of alkyl halides is 3. The van der Waals surface area contributed by atoms with E-state index in [1.807, 2.05) is 0 Å². The summed E-state index contributed by atoms with van der Waals surface area (Å²) in [5, 5.41) is 0.0510. The number of rotatable bonds is 2. The van der Waals surface area contributed by atoms with Crippen molar-refractivity contribution in [2.45, 2.75) is 55.9 Å². The van der Waals surface area contributed by atoms with Gasteiger partial charge in [0, 0.05) is 60.0 Å². The number of carbonyl (C=O) groups is 2. The quantitative estimate of drug-likeness (QED) is 0.315. The highest BCUT2D eigenvalue weighted by Crippen LogP contribution is 2.49. The molecule has 13 heteroatoms. The van der Waals surface area contributed by atoms with Crippen molar-refractivity contribution in [3.8, 4) is 23.0 Å². The largest absolute Gasteiger partial charge is 0.417 e. The van der Waals surface area contributed by atoms with E-state index < -0.39 is 58.2 Å². The molecule has 1 aromatic heterocycles. The van der Waals surface area contributed by atoms with Gasteiger partial charge in [-0.2, -0.15) is 18.2 Å². The van der Waals surface area contributed by atoms with Crippen LogP contribution in [0.1, 0.15) is 31.7 Å². The molecule has 2 atom stereocenters. The van der Waals surface area contributed by atoms with Crippen molar-refractivity contribution in [2.24, 2.45) is 0 Å². The summed E-state index contributed by atoms with van der Waals surface area (Å²) >= 11 is 1.08. The predicted molar refractivity (Wildman–Crippen MR) is 146 cm³/mol. The first-order chi connectivity index (χ1) is 20.0. The highest BCUT2D eigenvalue weighted by atomic mass is 32.2. The number of benzene rings is 2. The zero-order valence-electron chi connectivity index (χ0n) is 22.2. The van der Waals surface area contributed by atoms with Gasteiger partial charge in [-0.25, -0.2) is 13.6 Å². The van der Waals surface area contributed by atoms with Gasteiger partial charge in [-0.3, -0.25) is 14.2 Å². The van der Waals surface area contributed by atoms with Crippen LogP contribution in [0.2, 0.25) is 0 Å². The zero-order chi connectivity index (χ0) is 29.9.